The fourth-order valence-corrected chi connectivity index (χ4v) is 3.22. The van der Waals surface area contributed by atoms with Crippen LogP contribution in [0.3, 0.4) is 0 Å². The molecule has 0 saturated carbocycles. The van der Waals surface area contributed by atoms with Crippen LogP contribution in [0.25, 0.3) is 10.2 Å². The van der Waals surface area contributed by atoms with Crippen LogP contribution in [0.4, 0.5) is 5.82 Å². The average molecular weight is 303 g/mol. The number of nitrogens with one attached hydrogen (secondary N) is 1. The van der Waals surface area contributed by atoms with Crippen molar-refractivity contribution in [3.63, 3.8) is 0 Å². The maximum absolute atomic E-state index is 5.61. The van der Waals surface area contributed by atoms with E-state index in [1.165, 1.54) is 10.4 Å². The minimum absolute atomic E-state index is 0.362. The predicted octanol–water partition coefficient (Wildman–Crippen LogP) is 3.66. The Morgan fingerprint density at radius 1 is 1.29 bits per heavy atom. The number of ether oxygens (including phenoxy) is 1. The second-order valence-corrected chi connectivity index (χ2v) is 5.98. The van der Waals surface area contributed by atoms with Gasteiger partial charge in [-0.15, -0.1) is 11.3 Å². The first-order chi connectivity index (χ1) is 10.2. The third-order valence-electron chi connectivity index (χ3n) is 3.37. The summed E-state index contributed by atoms with van der Waals surface area (Å²) < 4.78 is 10.8. The van der Waals surface area contributed by atoms with Gasteiger partial charge in [0.15, 0.2) is 5.82 Å². The molecule has 0 atom stereocenters. The highest BCUT2D eigenvalue weighted by molar-refractivity contribution is 7.18. The summed E-state index contributed by atoms with van der Waals surface area (Å²) in [5.74, 6) is 2.34. The van der Waals surface area contributed by atoms with Gasteiger partial charge in [-0.2, -0.15) is 0 Å². The van der Waals surface area contributed by atoms with E-state index in [-0.39, 0.29) is 0 Å². The number of aryl methyl sites for hydroxylation is 2. The lowest BCUT2D eigenvalue weighted by atomic mass is 10.2. The average Bonchev–Trinajstić information content (AvgIpc) is 3.08. The predicted molar refractivity (Wildman–Crippen MR) is 83.6 cm³/mol. The van der Waals surface area contributed by atoms with Crippen LogP contribution in [0.1, 0.15) is 22.0 Å². The van der Waals surface area contributed by atoms with Crippen molar-refractivity contribution in [2.75, 3.05) is 12.4 Å². The summed E-state index contributed by atoms with van der Waals surface area (Å²) >= 11 is 1.69. The van der Waals surface area contributed by atoms with E-state index in [0.29, 0.717) is 19.0 Å². The van der Waals surface area contributed by atoms with Crippen LogP contribution in [0.5, 0.6) is 0 Å². The second kappa shape index (κ2) is 5.83. The summed E-state index contributed by atoms with van der Waals surface area (Å²) in [6, 6.07) is 3.73. The molecule has 0 radical (unpaired) electrons. The summed E-state index contributed by atoms with van der Waals surface area (Å²) in [5, 5.41) is 4.26. The van der Waals surface area contributed by atoms with E-state index in [9.17, 15) is 0 Å². The maximum atomic E-state index is 5.61. The number of furan rings is 1. The number of rotatable bonds is 5. The van der Waals surface area contributed by atoms with Gasteiger partial charge in [0, 0.05) is 11.9 Å². The first-order valence-electron chi connectivity index (χ1n) is 6.73. The van der Waals surface area contributed by atoms with Crippen molar-refractivity contribution in [2.24, 2.45) is 0 Å². The topological polar surface area (TPSA) is 60.2 Å². The van der Waals surface area contributed by atoms with Crippen molar-refractivity contribution in [3.05, 3.63) is 40.4 Å². The van der Waals surface area contributed by atoms with Crippen molar-refractivity contribution >= 4 is 27.4 Å². The van der Waals surface area contributed by atoms with Crippen LogP contribution < -0.4 is 5.32 Å². The molecular formula is C15H17N3O2S. The quantitative estimate of drug-likeness (QED) is 0.779. The molecule has 0 unspecified atom stereocenters. The summed E-state index contributed by atoms with van der Waals surface area (Å²) in [6.07, 6.45) is 1.64. The van der Waals surface area contributed by atoms with Gasteiger partial charge in [0.2, 0.25) is 0 Å². The Morgan fingerprint density at radius 3 is 2.86 bits per heavy atom. The number of thiophene rings is 1. The second-order valence-electron chi connectivity index (χ2n) is 4.77. The van der Waals surface area contributed by atoms with Crippen LogP contribution in [0.2, 0.25) is 0 Å². The molecule has 0 saturated heterocycles. The molecular weight excluding hydrogens is 286 g/mol. The molecule has 3 heterocycles. The molecule has 21 heavy (non-hydrogen) atoms. The molecule has 1 N–H and O–H groups in total. The Labute approximate surface area is 127 Å². The molecule has 3 aromatic rings. The van der Waals surface area contributed by atoms with E-state index in [4.69, 9.17) is 9.15 Å². The van der Waals surface area contributed by atoms with Crippen molar-refractivity contribution in [1.29, 1.82) is 0 Å². The van der Waals surface area contributed by atoms with Gasteiger partial charge >= 0.3 is 0 Å². The van der Waals surface area contributed by atoms with Crippen LogP contribution in [-0.2, 0) is 18.0 Å². The Kier molecular flexibility index (Phi) is 3.90. The van der Waals surface area contributed by atoms with Crippen LogP contribution in [0, 0.1) is 13.8 Å². The van der Waals surface area contributed by atoms with E-state index in [0.717, 1.165) is 21.8 Å². The molecule has 0 aliphatic rings. The molecule has 0 bridgehead atoms. The number of hydrogen-bond acceptors (Lipinski definition) is 6. The van der Waals surface area contributed by atoms with Gasteiger partial charge in [0.1, 0.15) is 29.6 Å². The van der Waals surface area contributed by atoms with Crippen molar-refractivity contribution in [3.8, 4) is 0 Å². The standard InChI is InChI=1S/C15H17N3O2S/c1-9-10(2)21-15-13(9)14(16-3)17-12(18-15)8-19-7-11-5-4-6-20-11/h4-6H,7-8H2,1-3H3,(H,16,17,18). The fraction of sp³-hybridized carbons (Fsp3) is 0.333. The van der Waals surface area contributed by atoms with Crippen LogP contribution in [0.15, 0.2) is 22.8 Å². The lowest BCUT2D eigenvalue weighted by Crippen LogP contribution is -2.03. The van der Waals surface area contributed by atoms with Crippen molar-refractivity contribution < 1.29 is 9.15 Å². The van der Waals surface area contributed by atoms with Gasteiger partial charge in [0.25, 0.3) is 0 Å². The lowest BCUT2D eigenvalue weighted by molar-refractivity contribution is 0.0884. The number of anilines is 1. The molecule has 0 aliphatic carbocycles. The minimum atomic E-state index is 0.362. The highest BCUT2D eigenvalue weighted by atomic mass is 32.1. The zero-order valence-corrected chi connectivity index (χ0v) is 13.1. The first-order valence-corrected chi connectivity index (χ1v) is 7.55. The SMILES string of the molecule is CNc1nc(COCc2ccco2)nc2sc(C)c(C)c12. The van der Waals surface area contributed by atoms with Gasteiger partial charge in [0.05, 0.1) is 11.6 Å². The number of nitrogens with zero attached hydrogens (tertiary/aromatic N) is 2. The summed E-state index contributed by atoms with van der Waals surface area (Å²) in [6.45, 7) is 4.99. The molecule has 3 aromatic heterocycles. The molecule has 3 rings (SSSR count). The minimum Gasteiger partial charge on any atom is -0.467 e. The fourth-order valence-electron chi connectivity index (χ4n) is 2.18. The summed E-state index contributed by atoms with van der Waals surface area (Å²) in [4.78, 5) is 11.4. The lowest BCUT2D eigenvalue weighted by Gasteiger charge is -2.06. The molecule has 6 heteroatoms. The highest BCUT2D eigenvalue weighted by Gasteiger charge is 2.13. The monoisotopic (exact) mass is 303 g/mol. The molecule has 0 aliphatic heterocycles. The molecule has 0 fully saturated rings. The van der Waals surface area contributed by atoms with E-state index >= 15 is 0 Å². The van der Waals surface area contributed by atoms with E-state index in [1.807, 2.05) is 19.2 Å². The van der Waals surface area contributed by atoms with Gasteiger partial charge in [-0.1, -0.05) is 0 Å². The third-order valence-corrected chi connectivity index (χ3v) is 4.47. The zero-order valence-electron chi connectivity index (χ0n) is 12.3. The Morgan fingerprint density at radius 2 is 2.14 bits per heavy atom. The largest absolute Gasteiger partial charge is 0.467 e. The van der Waals surface area contributed by atoms with Gasteiger partial charge in [-0.05, 0) is 31.5 Å². The van der Waals surface area contributed by atoms with Gasteiger partial charge < -0.3 is 14.5 Å². The molecule has 0 amide bonds. The Bertz CT molecular complexity index is 750. The van der Waals surface area contributed by atoms with Crippen molar-refractivity contribution in [2.45, 2.75) is 27.1 Å². The number of fused-ring (bicyclic) bond motifs is 1. The highest BCUT2D eigenvalue weighted by Crippen LogP contribution is 2.33. The zero-order chi connectivity index (χ0) is 14.8. The number of aromatic nitrogens is 2. The third kappa shape index (κ3) is 2.77. The number of hydrogen-bond donors (Lipinski definition) is 1. The summed E-state index contributed by atoms with van der Waals surface area (Å²) in [5.41, 5.74) is 1.24. The Hall–Kier alpha value is -1.92. The maximum Gasteiger partial charge on any atom is 0.158 e. The van der Waals surface area contributed by atoms with Gasteiger partial charge in [-0.25, -0.2) is 9.97 Å². The first kappa shape index (κ1) is 14.0. The normalized spacial score (nSPS) is 11.2. The Balaban J connectivity index is 1.82. The molecule has 0 spiro atoms. The molecule has 110 valence electrons. The summed E-state index contributed by atoms with van der Waals surface area (Å²) in [7, 11) is 1.88. The smallest absolute Gasteiger partial charge is 0.158 e. The molecule has 0 aromatic carbocycles. The van der Waals surface area contributed by atoms with E-state index in [2.05, 4.69) is 29.1 Å². The van der Waals surface area contributed by atoms with Crippen LogP contribution in [-0.4, -0.2) is 17.0 Å². The van der Waals surface area contributed by atoms with Gasteiger partial charge in [-0.3, -0.25) is 0 Å². The van der Waals surface area contributed by atoms with Crippen molar-refractivity contribution in [1.82, 2.24) is 9.97 Å². The van der Waals surface area contributed by atoms with E-state index < -0.39 is 0 Å². The van der Waals surface area contributed by atoms with Crippen LogP contribution >= 0.6 is 11.3 Å². The van der Waals surface area contributed by atoms with E-state index in [1.54, 1.807) is 17.6 Å². The molecule has 5 nitrogen and oxygen atoms in total.